The number of esters is 1. The molecular formula is C21H28O5. The zero-order valence-electron chi connectivity index (χ0n) is 15.7. The van der Waals surface area contributed by atoms with Crippen LogP contribution in [0.4, 0.5) is 0 Å². The van der Waals surface area contributed by atoms with Crippen LogP contribution in [0.5, 0.6) is 0 Å². The number of aliphatic hydroxyl groups is 1. The Balaban J connectivity index is 1.66. The van der Waals surface area contributed by atoms with Crippen LogP contribution in [0.1, 0.15) is 69.3 Å². The Hall–Kier alpha value is -1.33. The van der Waals surface area contributed by atoms with Crippen LogP contribution in [0.25, 0.3) is 0 Å². The lowest BCUT2D eigenvalue weighted by Crippen LogP contribution is -2.59. The molecule has 0 unspecified atom stereocenters. The Bertz CT molecular complexity index is 741. The number of ether oxygens (including phenoxy) is 2. The van der Waals surface area contributed by atoms with Gasteiger partial charge < -0.3 is 19.0 Å². The summed E-state index contributed by atoms with van der Waals surface area (Å²) in [5.74, 6) is 1.88. The molecule has 0 amide bonds. The largest absolute Gasteiger partial charge is 0.469 e. The summed E-state index contributed by atoms with van der Waals surface area (Å²) in [5, 5.41) is 11.2. The topological polar surface area (TPSA) is 68.9 Å². The summed E-state index contributed by atoms with van der Waals surface area (Å²) in [6, 6.07) is 2.06. The van der Waals surface area contributed by atoms with E-state index in [1.54, 1.807) is 6.26 Å². The number of fused-ring (bicyclic) bond motifs is 2. The minimum Gasteiger partial charge on any atom is -0.469 e. The van der Waals surface area contributed by atoms with Crippen molar-refractivity contribution in [1.82, 2.24) is 0 Å². The Morgan fingerprint density at radius 3 is 2.92 bits per heavy atom. The number of methoxy groups -OCH3 is 1. The lowest BCUT2D eigenvalue weighted by Gasteiger charge is -2.59. The van der Waals surface area contributed by atoms with Crippen molar-refractivity contribution in [2.75, 3.05) is 7.11 Å². The second-order valence-electron chi connectivity index (χ2n) is 9.13. The molecule has 5 rings (SSSR count). The zero-order chi connectivity index (χ0) is 18.3. The Morgan fingerprint density at radius 2 is 2.15 bits per heavy atom. The zero-order valence-corrected chi connectivity index (χ0v) is 15.7. The highest BCUT2D eigenvalue weighted by atomic mass is 16.6. The summed E-state index contributed by atoms with van der Waals surface area (Å²) in [6.07, 6.45) is 5.35. The van der Waals surface area contributed by atoms with E-state index < -0.39 is 11.7 Å². The van der Waals surface area contributed by atoms with Crippen molar-refractivity contribution in [1.29, 1.82) is 0 Å². The van der Waals surface area contributed by atoms with Crippen LogP contribution in [0, 0.1) is 28.6 Å². The molecule has 1 spiro atoms. The molecule has 3 aliphatic carbocycles. The van der Waals surface area contributed by atoms with E-state index in [2.05, 4.69) is 13.0 Å². The van der Waals surface area contributed by atoms with Crippen molar-refractivity contribution in [3.63, 3.8) is 0 Å². The molecule has 5 heteroatoms. The molecule has 0 bridgehead atoms. The van der Waals surface area contributed by atoms with E-state index in [1.807, 2.05) is 6.92 Å². The molecule has 1 aliphatic heterocycles. The Kier molecular flexibility index (Phi) is 3.46. The molecule has 3 fully saturated rings. The van der Waals surface area contributed by atoms with Gasteiger partial charge in [0.1, 0.15) is 11.9 Å². The van der Waals surface area contributed by atoms with E-state index in [-0.39, 0.29) is 29.3 Å². The minimum atomic E-state index is -0.849. The average Bonchev–Trinajstić information content (AvgIpc) is 3.23. The van der Waals surface area contributed by atoms with Crippen LogP contribution in [-0.2, 0) is 14.3 Å². The first-order valence-corrected chi connectivity index (χ1v) is 9.94. The first-order valence-electron chi connectivity index (χ1n) is 9.94. The van der Waals surface area contributed by atoms with Gasteiger partial charge in [-0.2, -0.15) is 0 Å². The van der Waals surface area contributed by atoms with Gasteiger partial charge in [-0.3, -0.25) is 4.79 Å². The van der Waals surface area contributed by atoms with Gasteiger partial charge in [-0.1, -0.05) is 13.3 Å². The number of rotatable bonds is 1. The summed E-state index contributed by atoms with van der Waals surface area (Å²) < 4.78 is 17.2. The van der Waals surface area contributed by atoms with E-state index in [0.29, 0.717) is 11.8 Å². The summed E-state index contributed by atoms with van der Waals surface area (Å²) in [6.45, 7) is 4.31. The third kappa shape index (κ3) is 1.76. The van der Waals surface area contributed by atoms with Gasteiger partial charge >= 0.3 is 5.97 Å². The van der Waals surface area contributed by atoms with Crippen molar-refractivity contribution >= 4 is 5.97 Å². The maximum Gasteiger partial charge on any atom is 0.311 e. The van der Waals surface area contributed by atoms with E-state index in [0.717, 1.165) is 37.9 Å². The van der Waals surface area contributed by atoms with Crippen LogP contribution >= 0.6 is 0 Å². The van der Waals surface area contributed by atoms with Gasteiger partial charge in [0, 0.05) is 11.3 Å². The van der Waals surface area contributed by atoms with Crippen LogP contribution in [0.2, 0.25) is 0 Å². The molecule has 142 valence electrons. The number of carbonyl (C=O) groups is 1. The van der Waals surface area contributed by atoms with Gasteiger partial charge in [0.25, 0.3) is 0 Å². The van der Waals surface area contributed by atoms with E-state index in [9.17, 15) is 9.90 Å². The molecule has 4 aliphatic rings. The molecule has 1 N–H and O–H groups in total. The molecule has 1 aromatic rings. The van der Waals surface area contributed by atoms with Crippen molar-refractivity contribution in [3.05, 3.63) is 23.7 Å². The molecule has 0 radical (unpaired) electrons. The van der Waals surface area contributed by atoms with Crippen LogP contribution in [-0.4, -0.2) is 24.5 Å². The second kappa shape index (κ2) is 5.35. The summed E-state index contributed by atoms with van der Waals surface area (Å²) >= 11 is 0. The first-order chi connectivity index (χ1) is 12.4. The van der Waals surface area contributed by atoms with Crippen molar-refractivity contribution < 1.29 is 23.8 Å². The maximum atomic E-state index is 12.7. The van der Waals surface area contributed by atoms with Gasteiger partial charge in [0.05, 0.1) is 18.8 Å². The Morgan fingerprint density at radius 1 is 1.35 bits per heavy atom. The second-order valence-corrected chi connectivity index (χ2v) is 9.13. The molecule has 1 aromatic heterocycles. The minimum absolute atomic E-state index is 0.0844. The van der Waals surface area contributed by atoms with Gasteiger partial charge in [-0.05, 0) is 62.0 Å². The lowest BCUT2D eigenvalue weighted by atomic mass is 9.43. The number of carbonyl (C=O) groups excluding carboxylic acids is 1. The fourth-order valence-electron chi connectivity index (χ4n) is 7.38. The maximum absolute atomic E-state index is 12.7. The van der Waals surface area contributed by atoms with Crippen molar-refractivity contribution in [3.8, 4) is 0 Å². The van der Waals surface area contributed by atoms with E-state index in [1.165, 1.54) is 12.7 Å². The molecule has 0 aromatic carbocycles. The van der Waals surface area contributed by atoms with Crippen LogP contribution < -0.4 is 0 Å². The fraction of sp³-hybridized carbons (Fsp3) is 0.762. The summed E-state index contributed by atoms with van der Waals surface area (Å²) in [7, 11) is 1.47. The molecule has 5 nitrogen and oxygen atoms in total. The third-order valence-electron chi connectivity index (χ3n) is 8.43. The van der Waals surface area contributed by atoms with Crippen molar-refractivity contribution in [2.24, 2.45) is 28.6 Å². The number of furan rings is 1. The first kappa shape index (κ1) is 16.8. The van der Waals surface area contributed by atoms with Gasteiger partial charge in [0.15, 0.2) is 6.29 Å². The van der Waals surface area contributed by atoms with Gasteiger partial charge in [-0.15, -0.1) is 0 Å². The van der Waals surface area contributed by atoms with Crippen LogP contribution in [0.3, 0.4) is 0 Å². The SMILES string of the molecule is COC(=O)[C@]1(C)CCC[C@]23[C@@H]4[C@@H](CC[C@H]21)[C@@H](C)c1ccoc1[C@@H]4O[C@H]3O. The average molecular weight is 360 g/mol. The highest BCUT2D eigenvalue weighted by Gasteiger charge is 2.71. The predicted molar refractivity (Wildman–Crippen MR) is 93.1 cm³/mol. The summed E-state index contributed by atoms with van der Waals surface area (Å²) in [5.41, 5.74) is 0.294. The molecule has 1 saturated heterocycles. The van der Waals surface area contributed by atoms with E-state index >= 15 is 0 Å². The lowest BCUT2D eigenvalue weighted by molar-refractivity contribution is -0.206. The number of hydrogen-bond acceptors (Lipinski definition) is 5. The smallest absolute Gasteiger partial charge is 0.311 e. The highest BCUT2D eigenvalue weighted by molar-refractivity contribution is 5.77. The quantitative estimate of drug-likeness (QED) is 0.772. The standard InChI is InChI=1S/C21H28O5/c1-11-12-5-6-14-20(2,18(22)24-3)8-4-9-21(14)15(12)17(26-19(21)23)16-13(11)7-10-25-16/h7,10-12,14-15,17,19,23H,4-6,8-9H2,1-3H3/t11-,12+,14+,15-,17-,19-,20-,21-/m1/s1. The fourth-order valence-corrected chi connectivity index (χ4v) is 7.38. The molecule has 26 heavy (non-hydrogen) atoms. The normalized spacial score (nSPS) is 49.1. The molecule has 2 heterocycles. The predicted octanol–water partition coefficient (Wildman–Crippen LogP) is 3.78. The monoisotopic (exact) mass is 360 g/mol. The summed E-state index contributed by atoms with van der Waals surface area (Å²) in [4.78, 5) is 12.7. The van der Waals surface area contributed by atoms with Gasteiger partial charge in [-0.25, -0.2) is 0 Å². The van der Waals surface area contributed by atoms with Crippen LogP contribution in [0.15, 0.2) is 16.7 Å². The number of hydrogen-bond donors (Lipinski definition) is 1. The van der Waals surface area contributed by atoms with Crippen molar-refractivity contribution in [2.45, 2.75) is 64.3 Å². The third-order valence-corrected chi connectivity index (χ3v) is 8.43. The highest BCUT2D eigenvalue weighted by Crippen LogP contribution is 2.72. The molecular weight excluding hydrogens is 332 g/mol. The van der Waals surface area contributed by atoms with Gasteiger partial charge in [0.2, 0.25) is 0 Å². The number of aliphatic hydroxyl groups excluding tert-OH is 1. The Labute approximate surface area is 154 Å². The molecule has 2 saturated carbocycles. The molecule has 8 atom stereocenters. The van der Waals surface area contributed by atoms with E-state index in [4.69, 9.17) is 13.9 Å².